The van der Waals surface area contributed by atoms with Gasteiger partial charge in [0.2, 0.25) is 0 Å². The number of nitrogens with one attached hydrogen (secondary N) is 1. The zero-order chi connectivity index (χ0) is 12.3. The molecule has 0 saturated carbocycles. The zero-order valence-corrected chi connectivity index (χ0v) is 9.57. The minimum atomic E-state index is -1.10. The van der Waals surface area contributed by atoms with Gasteiger partial charge in [0, 0.05) is 17.8 Å². The Balaban J connectivity index is 2.76. The molecule has 1 rings (SSSR count). The van der Waals surface area contributed by atoms with Crippen LogP contribution in [0.3, 0.4) is 0 Å². The Morgan fingerprint density at radius 1 is 1.44 bits per heavy atom. The van der Waals surface area contributed by atoms with Crippen molar-refractivity contribution in [1.29, 1.82) is 0 Å². The first-order valence-corrected chi connectivity index (χ1v) is 4.97. The molecule has 0 unspecified atom stereocenters. The fourth-order valence-corrected chi connectivity index (χ4v) is 1.43. The average Bonchev–Trinajstić information content (AvgIpc) is 2.22. The third-order valence-electron chi connectivity index (χ3n) is 1.79. The van der Waals surface area contributed by atoms with Crippen molar-refractivity contribution < 1.29 is 14.3 Å². The fraction of sp³-hybridized carbons (Fsp3) is 0.100. The molecule has 0 saturated heterocycles. The highest BCUT2D eigenvalue weighted by atomic mass is 35.5. The third-order valence-corrected chi connectivity index (χ3v) is 2.34. The van der Waals surface area contributed by atoms with E-state index in [-0.39, 0.29) is 22.2 Å². The molecule has 0 atom stereocenters. The van der Waals surface area contributed by atoms with Gasteiger partial charge in [-0.2, -0.15) is 0 Å². The lowest BCUT2D eigenvalue weighted by atomic mass is 10.2. The summed E-state index contributed by atoms with van der Waals surface area (Å²) in [6.07, 6.45) is 0. The van der Waals surface area contributed by atoms with Gasteiger partial charge < -0.3 is 10.4 Å². The zero-order valence-electron chi connectivity index (χ0n) is 8.06. The van der Waals surface area contributed by atoms with Gasteiger partial charge in [-0.1, -0.05) is 29.8 Å². The van der Waals surface area contributed by atoms with E-state index in [0.29, 0.717) is 5.69 Å². The van der Waals surface area contributed by atoms with E-state index >= 15 is 0 Å². The van der Waals surface area contributed by atoms with E-state index in [0.717, 1.165) is 0 Å². The van der Waals surface area contributed by atoms with Gasteiger partial charge >= 0.3 is 5.97 Å². The molecule has 16 heavy (non-hydrogen) atoms. The number of hydrogen-bond donors (Lipinski definition) is 2. The highest BCUT2D eigenvalue weighted by Gasteiger charge is 2.08. The van der Waals surface area contributed by atoms with Crippen LogP contribution in [0.5, 0.6) is 0 Å². The van der Waals surface area contributed by atoms with Gasteiger partial charge in [-0.3, -0.25) is 0 Å². The molecule has 1 aromatic carbocycles. The van der Waals surface area contributed by atoms with Crippen LogP contribution in [0.4, 0.5) is 10.1 Å². The minimum absolute atomic E-state index is 0.0171. The van der Waals surface area contributed by atoms with Crippen molar-refractivity contribution in [2.75, 3.05) is 11.9 Å². The molecule has 0 radical (unpaired) electrons. The highest BCUT2D eigenvalue weighted by molar-refractivity contribution is 6.35. The van der Waals surface area contributed by atoms with Crippen LogP contribution in [-0.2, 0) is 4.79 Å². The molecule has 86 valence electrons. The smallest absolute Gasteiger partial charge is 0.332 e. The summed E-state index contributed by atoms with van der Waals surface area (Å²) < 4.78 is 13.0. The molecule has 3 nitrogen and oxygen atoms in total. The van der Waals surface area contributed by atoms with Crippen LogP contribution in [0.25, 0.3) is 0 Å². The van der Waals surface area contributed by atoms with Crippen LogP contribution in [0.15, 0.2) is 24.3 Å². The number of halogens is 3. The van der Waals surface area contributed by atoms with Gasteiger partial charge in [-0.25, -0.2) is 9.18 Å². The predicted molar refractivity (Wildman–Crippen MR) is 61.7 cm³/mol. The molecule has 0 aliphatic carbocycles. The van der Waals surface area contributed by atoms with Crippen molar-refractivity contribution in [3.8, 4) is 0 Å². The van der Waals surface area contributed by atoms with Gasteiger partial charge in [0.25, 0.3) is 0 Å². The topological polar surface area (TPSA) is 49.3 Å². The summed E-state index contributed by atoms with van der Waals surface area (Å²) in [5.74, 6) is -1.81. The van der Waals surface area contributed by atoms with Crippen LogP contribution >= 0.6 is 23.2 Å². The van der Waals surface area contributed by atoms with Gasteiger partial charge in [0.1, 0.15) is 0 Å². The van der Waals surface area contributed by atoms with Crippen LogP contribution in [0, 0.1) is 5.82 Å². The number of rotatable bonds is 4. The molecule has 0 amide bonds. The first-order chi connectivity index (χ1) is 7.41. The largest absolute Gasteiger partial charge is 0.478 e. The molecule has 6 heteroatoms. The Bertz CT molecular complexity index is 425. The monoisotopic (exact) mass is 263 g/mol. The number of benzene rings is 1. The maximum atomic E-state index is 13.0. The first kappa shape index (κ1) is 12.8. The highest BCUT2D eigenvalue weighted by Crippen LogP contribution is 2.27. The van der Waals surface area contributed by atoms with Crippen molar-refractivity contribution in [2.24, 2.45) is 0 Å². The van der Waals surface area contributed by atoms with Crippen molar-refractivity contribution in [2.45, 2.75) is 0 Å². The van der Waals surface area contributed by atoms with E-state index in [1.165, 1.54) is 12.1 Å². The van der Waals surface area contributed by atoms with Crippen molar-refractivity contribution in [3.63, 3.8) is 0 Å². The summed E-state index contributed by atoms with van der Waals surface area (Å²) in [5, 5.41) is 11.0. The normalized spacial score (nSPS) is 9.94. The van der Waals surface area contributed by atoms with Gasteiger partial charge in [-0.05, 0) is 12.1 Å². The summed E-state index contributed by atoms with van der Waals surface area (Å²) in [6.45, 7) is 3.35. The Hall–Kier alpha value is -1.26. The second-order valence-corrected chi connectivity index (χ2v) is 3.83. The first-order valence-electron chi connectivity index (χ1n) is 4.21. The molecule has 0 spiro atoms. The average molecular weight is 264 g/mol. The molecule has 0 aliphatic heterocycles. The van der Waals surface area contributed by atoms with E-state index in [1.54, 1.807) is 0 Å². The predicted octanol–water partition coefficient (Wildman–Crippen LogP) is 3.19. The summed E-state index contributed by atoms with van der Waals surface area (Å²) in [7, 11) is 0. The van der Waals surface area contributed by atoms with Gasteiger partial charge in [0.15, 0.2) is 5.82 Å². The van der Waals surface area contributed by atoms with Gasteiger partial charge in [-0.15, -0.1) is 0 Å². The van der Waals surface area contributed by atoms with E-state index in [4.69, 9.17) is 28.3 Å². The Kier molecular flexibility index (Phi) is 4.15. The maximum absolute atomic E-state index is 13.0. The maximum Gasteiger partial charge on any atom is 0.332 e. The number of aliphatic carboxylic acids is 1. The Morgan fingerprint density at radius 3 is 2.38 bits per heavy atom. The number of hydrogen-bond acceptors (Lipinski definition) is 2. The van der Waals surface area contributed by atoms with E-state index < -0.39 is 11.8 Å². The number of carboxylic acid groups (broad SMARTS) is 1. The van der Waals surface area contributed by atoms with E-state index in [1.807, 2.05) is 0 Å². The number of anilines is 1. The lowest BCUT2D eigenvalue weighted by molar-refractivity contribution is -0.132. The standard InChI is InChI=1S/C10H8Cl2FNO2/c1-5(10(15)16)4-14-6-2-7(11)9(13)8(12)3-6/h2-3,14H,1,4H2,(H,15,16). The second-order valence-electron chi connectivity index (χ2n) is 3.02. The van der Waals surface area contributed by atoms with Crippen molar-refractivity contribution in [3.05, 3.63) is 40.1 Å². The quantitative estimate of drug-likeness (QED) is 0.648. The molecular weight excluding hydrogens is 256 g/mol. The van der Waals surface area contributed by atoms with Crippen LogP contribution < -0.4 is 5.32 Å². The molecule has 0 heterocycles. The van der Waals surface area contributed by atoms with Crippen molar-refractivity contribution in [1.82, 2.24) is 0 Å². The lowest BCUT2D eigenvalue weighted by Gasteiger charge is -2.07. The summed E-state index contributed by atoms with van der Waals surface area (Å²) in [5.41, 5.74) is 0.412. The molecule has 0 bridgehead atoms. The SMILES string of the molecule is C=C(CNc1cc(Cl)c(F)c(Cl)c1)C(=O)O. The molecule has 0 fully saturated rings. The van der Waals surface area contributed by atoms with Crippen molar-refractivity contribution >= 4 is 34.9 Å². The summed E-state index contributed by atoms with van der Waals surface area (Å²) in [4.78, 5) is 10.5. The van der Waals surface area contributed by atoms with E-state index in [2.05, 4.69) is 11.9 Å². The molecule has 0 aromatic heterocycles. The van der Waals surface area contributed by atoms with Crippen LogP contribution in [0.1, 0.15) is 0 Å². The molecule has 2 N–H and O–H groups in total. The fourth-order valence-electron chi connectivity index (χ4n) is 0.942. The lowest BCUT2D eigenvalue weighted by Crippen LogP contribution is -2.11. The summed E-state index contributed by atoms with van der Waals surface area (Å²) in [6, 6.07) is 2.63. The number of carboxylic acids is 1. The molecular formula is C10H8Cl2FNO2. The number of carbonyl (C=O) groups is 1. The van der Waals surface area contributed by atoms with Gasteiger partial charge in [0.05, 0.1) is 10.0 Å². The molecule has 1 aromatic rings. The van der Waals surface area contributed by atoms with Crippen LogP contribution in [-0.4, -0.2) is 17.6 Å². The minimum Gasteiger partial charge on any atom is -0.478 e. The van der Waals surface area contributed by atoms with Crippen LogP contribution in [0.2, 0.25) is 10.0 Å². The summed E-state index contributed by atoms with van der Waals surface area (Å²) >= 11 is 11.1. The Labute approximate surface area is 101 Å². The van der Waals surface area contributed by atoms with E-state index in [9.17, 15) is 9.18 Å². The Morgan fingerprint density at radius 2 is 1.94 bits per heavy atom. The second kappa shape index (κ2) is 5.18. The molecule has 0 aliphatic rings. The third kappa shape index (κ3) is 3.12.